The molecule has 0 fully saturated rings. The fourth-order valence-corrected chi connectivity index (χ4v) is 3.25. The molecule has 0 aliphatic heterocycles. The van der Waals surface area contributed by atoms with Crippen molar-refractivity contribution in [3.63, 3.8) is 0 Å². The molecule has 0 aliphatic carbocycles. The first-order valence-electron chi connectivity index (χ1n) is 4.51. The van der Waals surface area contributed by atoms with Crippen molar-refractivity contribution < 1.29 is 4.79 Å². The molecule has 2 rings (SSSR count). The average Bonchev–Trinajstić information content (AvgIpc) is 2.78. The predicted octanol–water partition coefficient (Wildman–Crippen LogP) is 3.45. The van der Waals surface area contributed by atoms with E-state index in [1.807, 2.05) is 30.3 Å². The number of carbonyl (C=O) groups is 1. The molecular formula is C11H9NOS3. The van der Waals surface area contributed by atoms with E-state index in [-0.39, 0.29) is 0 Å². The SMILES string of the molecule is NC(=O)c1csc(-c2ccccc2SS)c1. The zero-order valence-electron chi connectivity index (χ0n) is 8.21. The third kappa shape index (κ3) is 2.26. The van der Waals surface area contributed by atoms with Crippen LogP contribution in [0.25, 0.3) is 10.4 Å². The first-order chi connectivity index (χ1) is 7.72. The highest BCUT2D eigenvalue weighted by Gasteiger charge is 2.09. The number of hydrogen-bond acceptors (Lipinski definition) is 4. The Morgan fingerprint density at radius 1 is 1.38 bits per heavy atom. The Kier molecular flexibility index (Phi) is 3.58. The lowest BCUT2D eigenvalue weighted by atomic mass is 10.1. The topological polar surface area (TPSA) is 43.1 Å². The second-order valence-electron chi connectivity index (χ2n) is 3.15. The Hall–Kier alpha value is -0.910. The molecule has 0 saturated heterocycles. The number of amides is 1. The molecule has 0 unspecified atom stereocenters. The van der Waals surface area contributed by atoms with Gasteiger partial charge in [0.1, 0.15) is 0 Å². The number of thiol groups is 1. The van der Waals surface area contributed by atoms with E-state index in [0.29, 0.717) is 5.56 Å². The van der Waals surface area contributed by atoms with E-state index in [1.54, 1.807) is 5.38 Å². The summed E-state index contributed by atoms with van der Waals surface area (Å²) in [5.41, 5.74) is 6.86. The Balaban J connectivity index is 2.46. The molecule has 0 spiro atoms. The normalized spacial score (nSPS) is 10.3. The van der Waals surface area contributed by atoms with Crippen LogP contribution in [0.15, 0.2) is 40.6 Å². The number of carbonyl (C=O) groups excluding carboxylic acids is 1. The number of rotatable bonds is 3. The van der Waals surface area contributed by atoms with Gasteiger partial charge in [-0.05, 0) is 12.1 Å². The van der Waals surface area contributed by atoms with Crippen molar-refractivity contribution >= 4 is 39.7 Å². The van der Waals surface area contributed by atoms with Crippen LogP contribution in [0.2, 0.25) is 0 Å². The summed E-state index contributed by atoms with van der Waals surface area (Å²) in [5, 5.41) is 1.78. The predicted molar refractivity (Wildman–Crippen MR) is 73.1 cm³/mol. The van der Waals surface area contributed by atoms with Crippen LogP contribution in [0, 0.1) is 0 Å². The lowest BCUT2D eigenvalue weighted by Gasteiger charge is -2.02. The standard InChI is InChI=1S/C11H9NOS3/c12-11(13)7-5-10(15-6-7)8-3-1-2-4-9(8)16-14/h1-6,14H,(H2,12,13). The minimum Gasteiger partial charge on any atom is -0.366 e. The highest BCUT2D eigenvalue weighted by atomic mass is 33.1. The summed E-state index contributed by atoms with van der Waals surface area (Å²) in [6.07, 6.45) is 0. The summed E-state index contributed by atoms with van der Waals surface area (Å²) in [4.78, 5) is 13.1. The smallest absolute Gasteiger partial charge is 0.249 e. The third-order valence-electron chi connectivity index (χ3n) is 2.13. The molecular weight excluding hydrogens is 258 g/mol. The summed E-state index contributed by atoms with van der Waals surface area (Å²) in [6, 6.07) is 9.75. The number of hydrogen-bond donors (Lipinski definition) is 2. The van der Waals surface area contributed by atoms with E-state index in [1.165, 1.54) is 22.1 Å². The molecule has 2 aromatic rings. The van der Waals surface area contributed by atoms with E-state index in [4.69, 9.17) is 5.73 Å². The van der Waals surface area contributed by atoms with Gasteiger partial charge in [-0.2, -0.15) is 0 Å². The van der Waals surface area contributed by atoms with Gasteiger partial charge in [0.15, 0.2) is 0 Å². The van der Waals surface area contributed by atoms with Gasteiger partial charge in [-0.15, -0.1) is 23.0 Å². The van der Waals surface area contributed by atoms with Gasteiger partial charge in [0.05, 0.1) is 5.56 Å². The molecule has 1 amide bonds. The molecule has 2 nitrogen and oxygen atoms in total. The number of benzene rings is 1. The van der Waals surface area contributed by atoms with E-state index in [9.17, 15) is 4.79 Å². The minimum absolute atomic E-state index is 0.390. The second-order valence-corrected chi connectivity index (χ2v) is 5.23. The van der Waals surface area contributed by atoms with E-state index >= 15 is 0 Å². The molecule has 16 heavy (non-hydrogen) atoms. The van der Waals surface area contributed by atoms with Crippen LogP contribution in [0.4, 0.5) is 0 Å². The molecule has 0 aliphatic rings. The Morgan fingerprint density at radius 3 is 2.75 bits per heavy atom. The average molecular weight is 267 g/mol. The van der Waals surface area contributed by atoms with E-state index in [2.05, 4.69) is 11.7 Å². The van der Waals surface area contributed by atoms with Crippen LogP contribution < -0.4 is 5.73 Å². The zero-order chi connectivity index (χ0) is 11.5. The highest BCUT2D eigenvalue weighted by molar-refractivity contribution is 8.68. The monoisotopic (exact) mass is 267 g/mol. The van der Waals surface area contributed by atoms with Gasteiger partial charge in [-0.25, -0.2) is 0 Å². The van der Waals surface area contributed by atoms with Crippen molar-refractivity contribution in [3.8, 4) is 10.4 Å². The fourth-order valence-electron chi connectivity index (χ4n) is 1.36. The lowest BCUT2D eigenvalue weighted by Crippen LogP contribution is -2.08. The van der Waals surface area contributed by atoms with Gasteiger partial charge < -0.3 is 5.73 Å². The second kappa shape index (κ2) is 4.95. The molecule has 0 saturated carbocycles. The zero-order valence-corrected chi connectivity index (χ0v) is 10.7. The third-order valence-corrected chi connectivity index (χ3v) is 4.24. The first-order valence-corrected chi connectivity index (χ1v) is 7.26. The van der Waals surface area contributed by atoms with Crippen molar-refractivity contribution in [3.05, 3.63) is 41.3 Å². The maximum atomic E-state index is 11.0. The quantitative estimate of drug-likeness (QED) is 0.661. The molecule has 1 heterocycles. The minimum atomic E-state index is -0.390. The molecule has 0 radical (unpaired) electrons. The summed E-state index contributed by atoms with van der Waals surface area (Å²) < 4.78 is 0. The first kappa shape index (κ1) is 11.6. The van der Waals surface area contributed by atoms with Crippen molar-refractivity contribution in [2.75, 3.05) is 0 Å². The fraction of sp³-hybridized carbons (Fsp3) is 0. The van der Waals surface area contributed by atoms with Crippen LogP contribution in [0.3, 0.4) is 0 Å². The maximum absolute atomic E-state index is 11.0. The Bertz CT molecular complexity index is 521. The highest BCUT2D eigenvalue weighted by Crippen LogP contribution is 2.36. The van der Waals surface area contributed by atoms with Gasteiger partial charge in [-0.1, -0.05) is 29.0 Å². The van der Waals surface area contributed by atoms with Crippen molar-refractivity contribution in [2.24, 2.45) is 5.73 Å². The molecule has 0 atom stereocenters. The van der Waals surface area contributed by atoms with E-state index in [0.717, 1.165) is 15.3 Å². The summed E-state index contributed by atoms with van der Waals surface area (Å²) in [7, 11) is 1.39. The maximum Gasteiger partial charge on any atom is 0.249 e. The van der Waals surface area contributed by atoms with Gasteiger partial charge in [-0.3, -0.25) is 4.79 Å². The lowest BCUT2D eigenvalue weighted by molar-refractivity contribution is 0.100. The largest absolute Gasteiger partial charge is 0.366 e. The molecule has 5 heteroatoms. The Labute approximate surface area is 107 Å². The van der Waals surface area contributed by atoms with Gasteiger partial charge in [0.2, 0.25) is 5.91 Å². The molecule has 2 N–H and O–H groups in total. The van der Waals surface area contributed by atoms with Crippen LogP contribution >= 0.6 is 33.8 Å². The van der Waals surface area contributed by atoms with Crippen LogP contribution in [-0.4, -0.2) is 5.91 Å². The van der Waals surface area contributed by atoms with Crippen molar-refractivity contribution in [1.82, 2.24) is 0 Å². The van der Waals surface area contributed by atoms with Crippen LogP contribution in [0.1, 0.15) is 10.4 Å². The van der Waals surface area contributed by atoms with Crippen LogP contribution in [-0.2, 0) is 0 Å². The molecule has 82 valence electrons. The van der Waals surface area contributed by atoms with Crippen molar-refractivity contribution in [2.45, 2.75) is 4.90 Å². The summed E-state index contributed by atoms with van der Waals surface area (Å²) in [5.74, 6) is -0.390. The Morgan fingerprint density at radius 2 is 2.12 bits per heavy atom. The van der Waals surface area contributed by atoms with Crippen molar-refractivity contribution in [1.29, 1.82) is 0 Å². The molecule has 1 aromatic carbocycles. The van der Waals surface area contributed by atoms with Gasteiger partial charge >= 0.3 is 0 Å². The number of thiophene rings is 1. The van der Waals surface area contributed by atoms with Gasteiger partial charge in [0, 0.05) is 20.7 Å². The molecule has 0 bridgehead atoms. The van der Waals surface area contributed by atoms with Gasteiger partial charge in [0.25, 0.3) is 0 Å². The summed E-state index contributed by atoms with van der Waals surface area (Å²) in [6.45, 7) is 0. The van der Waals surface area contributed by atoms with E-state index < -0.39 is 5.91 Å². The number of primary amides is 1. The summed E-state index contributed by atoms with van der Waals surface area (Å²) >= 11 is 5.72. The molecule has 1 aromatic heterocycles. The number of nitrogens with two attached hydrogens (primary N) is 1. The van der Waals surface area contributed by atoms with Crippen LogP contribution in [0.5, 0.6) is 0 Å².